The second kappa shape index (κ2) is 6.66. The Kier molecular flexibility index (Phi) is 4.91. The van der Waals surface area contributed by atoms with Crippen LogP contribution in [0.4, 0.5) is 0 Å². The average Bonchev–Trinajstić information content (AvgIpc) is 2.93. The summed E-state index contributed by atoms with van der Waals surface area (Å²) >= 11 is 3.02. The highest BCUT2D eigenvalue weighted by molar-refractivity contribution is 7.99. The number of nitrogens with two attached hydrogens (primary N) is 1. The molecule has 2 rings (SSSR count). The Labute approximate surface area is 120 Å². The van der Waals surface area contributed by atoms with Crippen molar-refractivity contribution in [3.05, 3.63) is 40.5 Å². The van der Waals surface area contributed by atoms with E-state index in [2.05, 4.69) is 15.4 Å². The zero-order chi connectivity index (χ0) is 13.7. The van der Waals surface area contributed by atoms with Crippen molar-refractivity contribution < 1.29 is 0 Å². The second-order valence-corrected chi connectivity index (χ2v) is 6.02. The first-order chi connectivity index (χ1) is 9.20. The van der Waals surface area contributed by atoms with Gasteiger partial charge in [0.2, 0.25) is 0 Å². The molecule has 2 aromatic heterocycles. The molecule has 0 aromatic carbocycles. The Morgan fingerprint density at radius 2 is 2.32 bits per heavy atom. The van der Waals surface area contributed by atoms with Crippen molar-refractivity contribution in [3.63, 3.8) is 0 Å². The van der Waals surface area contributed by atoms with Crippen LogP contribution in [0, 0.1) is 18.3 Å². The van der Waals surface area contributed by atoms with E-state index in [9.17, 15) is 0 Å². The van der Waals surface area contributed by atoms with Crippen LogP contribution in [0.2, 0.25) is 0 Å². The van der Waals surface area contributed by atoms with Gasteiger partial charge in [-0.15, -0.1) is 11.8 Å². The van der Waals surface area contributed by atoms with Crippen LogP contribution in [-0.2, 0) is 0 Å². The Morgan fingerprint density at radius 1 is 1.47 bits per heavy atom. The molecule has 0 saturated carbocycles. The molecule has 0 bridgehead atoms. The third-order valence-electron chi connectivity index (χ3n) is 2.61. The lowest BCUT2D eigenvalue weighted by atomic mass is 10.2. The summed E-state index contributed by atoms with van der Waals surface area (Å²) in [6.07, 6.45) is 2.61. The minimum Gasteiger partial charge on any atom is -0.323 e. The van der Waals surface area contributed by atoms with Crippen molar-refractivity contribution in [2.45, 2.75) is 24.4 Å². The summed E-state index contributed by atoms with van der Waals surface area (Å²) in [7, 11) is 0. The molecule has 0 aliphatic carbocycles. The third kappa shape index (κ3) is 3.77. The van der Waals surface area contributed by atoms with Crippen LogP contribution < -0.4 is 5.73 Å². The van der Waals surface area contributed by atoms with Gasteiger partial charge in [0.05, 0.1) is 5.56 Å². The van der Waals surface area contributed by atoms with Crippen molar-refractivity contribution in [1.82, 2.24) is 9.36 Å². The van der Waals surface area contributed by atoms with Crippen molar-refractivity contribution >= 4 is 23.3 Å². The van der Waals surface area contributed by atoms with E-state index < -0.39 is 0 Å². The molecular formula is C13H14N4S2. The zero-order valence-electron chi connectivity index (χ0n) is 10.5. The van der Waals surface area contributed by atoms with Crippen LogP contribution in [0.1, 0.15) is 28.6 Å². The van der Waals surface area contributed by atoms with E-state index in [0.717, 1.165) is 27.8 Å². The lowest BCUT2D eigenvalue weighted by molar-refractivity contribution is 0.718. The predicted molar refractivity (Wildman–Crippen MR) is 78.1 cm³/mol. The van der Waals surface area contributed by atoms with Crippen LogP contribution in [-0.4, -0.2) is 15.1 Å². The summed E-state index contributed by atoms with van der Waals surface area (Å²) in [6.45, 7) is 1.92. The van der Waals surface area contributed by atoms with Gasteiger partial charge in [-0.2, -0.15) is 5.26 Å². The monoisotopic (exact) mass is 290 g/mol. The third-order valence-corrected chi connectivity index (χ3v) is 4.51. The Balaban J connectivity index is 1.93. The van der Waals surface area contributed by atoms with Gasteiger partial charge < -0.3 is 5.73 Å². The molecule has 0 aliphatic rings. The second-order valence-electron chi connectivity index (χ2n) is 4.08. The molecule has 1 atom stereocenters. The minimum absolute atomic E-state index is 0.00958. The standard InChI is InChI=1S/C13H14N4S2/c1-9-2-3-10(8-14)13(17-9)18-7-5-11(15)12-4-6-16-19-12/h2-4,6,11H,5,7,15H2,1H3. The van der Waals surface area contributed by atoms with Gasteiger partial charge in [0.25, 0.3) is 0 Å². The van der Waals surface area contributed by atoms with Gasteiger partial charge in [-0.3, -0.25) is 0 Å². The summed E-state index contributed by atoms with van der Waals surface area (Å²) < 4.78 is 4.05. The van der Waals surface area contributed by atoms with Gasteiger partial charge >= 0.3 is 0 Å². The Morgan fingerprint density at radius 3 is 3.00 bits per heavy atom. The van der Waals surface area contributed by atoms with E-state index in [1.165, 1.54) is 11.5 Å². The average molecular weight is 290 g/mol. The Bertz CT molecular complexity index is 575. The predicted octanol–water partition coefficient (Wildman–Crippen LogP) is 2.90. The highest BCUT2D eigenvalue weighted by Crippen LogP contribution is 2.25. The van der Waals surface area contributed by atoms with Crippen molar-refractivity contribution in [2.24, 2.45) is 5.73 Å². The maximum absolute atomic E-state index is 9.03. The van der Waals surface area contributed by atoms with Crippen molar-refractivity contribution in [3.8, 4) is 6.07 Å². The highest BCUT2D eigenvalue weighted by atomic mass is 32.2. The fraction of sp³-hybridized carbons (Fsp3) is 0.308. The fourth-order valence-electron chi connectivity index (χ4n) is 1.57. The van der Waals surface area contributed by atoms with E-state index >= 15 is 0 Å². The number of rotatable bonds is 5. The number of pyridine rings is 1. The molecule has 2 aromatic rings. The number of hydrogen-bond donors (Lipinski definition) is 1. The van der Waals surface area contributed by atoms with Gasteiger partial charge in [-0.05, 0) is 43.1 Å². The maximum Gasteiger partial charge on any atom is 0.114 e. The number of thioether (sulfide) groups is 1. The molecule has 2 heterocycles. The molecule has 19 heavy (non-hydrogen) atoms. The van der Waals surface area contributed by atoms with E-state index in [4.69, 9.17) is 11.0 Å². The summed E-state index contributed by atoms with van der Waals surface area (Å²) in [6, 6.07) is 7.79. The molecule has 1 unspecified atom stereocenters. The van der Waals surface area contributed by atoms with Crippen molar-refractivity contribution in [1.29, 1.82) is 5.26 Å². The topological polar surface area (TPSA) is 75.6 Å². The molecular weight excluding hydrogens is 276 g/mol. The number of aromatic nitrogens is 2. The quantitative estimate of drug-likeness (QED) is 0.857. The first-order valence-corrected chi connectivity index (χ1v) is 7.63. The molecule has 6 heteroatoms. The van der Waals surface area contributed by atoms with E-state index in [-0.39, 0.29) is 6.04 Å². The fourth-order valence-corrected chi connectivity index (χ4v) is 3.23. The molecule has 0 radical (unpaired) electrons. The molecule has 0 aliphatic heterocycles. The van der Waals surface area contributed by atoms with Crippen molar-refractivity contribution in [2.75, 3.05) is 5.75 Å². The molecule has 0 saturated heterocycles. The van der Waals surface area contributed by atoms with Gasteiger partial charge in [0.15, 0.2) is 0 Å². The highest BCUT2D eigenvalue weighted by Gasteiger charge is 2.10. The molecule has 2 N–H and O–H groups in total. The first-order valence-electron chi connectivity index (χ1n) is 5.87. The van der Waals surface area contributed by atoms with Crippen LogP contribution in [0.5, 0.6) is 0 Å². The lowest BCUT2D eigenvalue weighted by Gasteiger charge is -2.09. The number of aryl methyl sites for hydroxylation is 1. The minimum atomic E-state index is 0.00958. The maximum atomic E-state index is 9.03. The zero-order valence-corrected chi connectivity index (χ0v) is 12.2. The van der Waals surface area contributed by atoms with E-state index in [0.29, 0.717) is 5.56 Å². The number of nitrogens with zero attached hydrogens (tertiary/aromatic N) is 3. The summed E-state index contributed by atoms with van der Waals surface area (Å²) in [5.41, 5.74) is 7.63. The van der Waals surface area contributed by atoms with Gasteiger partial charge in [0, 0.05) is 28.6 Å². The SMILES string of the molecule is Cc1ccc(C#N)c(SCCC(N)c2ccns2)n1. The van der Waals surface area contributed by atoms with Gasteiger partial charge in [0.1, 0.15) is 11.1 Å². The van der Waals surface area contributed by atoms with E-state index in [1.54, 1.807) is 18.0 Å². The smallest absolute Gasteiger partial charge is 0.114 e. The van der Waals surface area contributed by atoms with Gasteiger partial charge in [-0.1, -0.05) is 0 Å². The molecule has 0 amide bonds. The number of hydrogen-bond acceptors (Lipinski definition) is 6. The summed E-state index contributed by atoms with van der Waals surface area (Å²) in [4.78, 5) is 5.49. The summed E-state index contributed by atoms with van der Waals surface area (Å²) in [5.74, 6) is 0.838. The molecule has 98 valence electrons. The first kappa shape index (κ1) is 14.0. The Hall–Kier alpha value is -1.42. The number of nitriles is 1. The molecule has 4 nitrogen and oxygen atoms in total. The largest absolute Gasteiger partial charge is 0.323 e. The van der Waals surface area contributed by atoms with Gasteiger partial charge in [-0.25, -0.2) is 9.36 Å². The van der Waals surface area contributed by atoms with Crippen LogP contribution in [0.15, 0.2) is 29.4 Å². The molecule has 0 fully saturated rings. The molecule has 0 spiro atoms. The van der Waals surface area contributed by atoms with Crippen LogP contribution in [0.25, 0.3) is 0 Å². The summed E-state index contributed by atoms with van der Waals surface area (Å²) in [5, 5.41) is 9.82. The normalized spacial score (nSPS) is 12.1. The lowest BCUT2D eigenvalue weighted by Crippen LogP contribution is -2.09. The van der Waals surface area contributed by atoms with E-state index in [1.807, 2.05) is 25.1 Å². The van der Waals surface area contributed by atoms with Crippen LogP contribution in [0.3, 0.4) is 0 Å². The van der Waals surface area contributed by atoms with Crippen LogP contribution >= 0.6 is 23.3 Å².